The summed E-state index contributed by atoms with van der Waals surface area (Å²) in [6.07, 6.45) is 1.60. The number of hydrogen-bond donors (Lipinski definition) is 1. The zero-order chi connectivity index (χ0) is 29.6. The molecule has 11 heteroatoms. The van der Waals surface area contributed by atoms with Gasteiger partial charge in [0.15, 0.2) is 17.3 Å². The molecule has 0 bridgehead atoms. The molecular formula is C31H29BrN4O5S. The van der Waals surface area contributed by atoms with E-state index < -0.39 is 5.91 Å². The average molecular weight is 650 g/mol. The number of carbonyl (C=O) groups excluding carboxylic acids is 1. The number of fused-ring (bicyclic) bond motifs is 1. The van der Waals surface area contributed by atoms with Crippen molar-refractivity contribution in [2.24, 2.45) is 10.1 Å². The lowest BCUT2D eigenvalue weighted by Crippen LogP contribution is -2.35. The molecule has 0 fully saturated rings. The first-order chi connectivity index (χ1) is 20.3. The van der Waals surface area contributed by atoms with E-state index in [0.29, 0.717) is 57.3 Å². The number of ether oxygens (including phenoxy) is 4. The van der Waals surface area contributed by atoms with Gasteiger partial charge < -0.3 is 18.9 Å². The van der Waals surface area contributed by atoms with E-state index in [1.54, 1.807) is 18.2 Å². The molecule has 3 aromatic carbocycles. The lowest BCUT2D eigenvalue weighted by Gasteiger charge is -2.20. The van der Waals surface area contributed by atoms with Gasteiger partial charge in [-0.05, 0) is 108 Å². The Bertz CT molecular complexity index is 1610. The largest absolute Gasteiger partial charge is 0.490 e. The number of benzene rings is 3. The zero-order valence-electron chi connectivity index (χ0n) is 23.3. The summed E-state index contributed by atoms with van der Waals surface area (Å²) < 4.78 is 24.1. The van der Waals surface area contributed by atoms with Crippen LogP contribution >= 0.6 is 27.7 Å². The molecule has 0 aromatic heterocycles. The predicted octanol–water partition coefficient (Wildman–Crippen LogP) is 6.62. The Morgan fingerprint density at radius 3 is 2.50 bits per heavy atom. The molecule has 0 unspecified atom stereocenters. The molecule has 42 heavy (non-hydrogen) atoms. The van der Waals surface area contributed by atoms with Crippen molar-refractivity contribution in [3.8, 4) is 23.0 Å². The minimum atomic E-state index is -0.517. The molecule has 3 aromatic rings. The maximum atomic E-state index is 12.9. The molecule has 0 saturated heterocycles. The molecule has 1 amide bonds. The normalized spacial score (nSPS) is 15.3. The number of nitrogens with one attached hydrogen (secondary N) is 1. The van der Waals surface area contributed by atoms with Gasteiger partial charge in [0, 0.05) is 0 Å². The van der Waals surface area contributed by atoms with Gasteiger partial charge in [-0.3, -0.25) is 10.2 Å². The molecular weight excluding hydrogens is 620 g/mol. The van der Waals surface area contributed by atoms with Crippen molar-refractivity contribution in [3.05, 3.63) is 87.4 Å². The first kappa shape index (κ1) is 29.4. The Morgan fingerprint density at radius 1 is 0.952 bits per heavy atom. The summed E-state index contributed by atoms with van der Waals surface area (Å²) in [6.45, 7) is 7.25. The van der Waals surface area contributed by atoms with Gasteiger partial charge in [-0.2, -0.15) is 15.1 Å². The number of carbonyl (C=O) groups is 1. The van der Waals surface area contributed by atoms with Crippen LogP contribution in [0.5, 0.6) is 23.0 Å². The molecule has 2 aliphatic rings. The Morgan fingerprint density at radius 2 is 1.74 bits per heavy atom. The predicted molar refractivity (Wildman–Crippen MR) is 169 cm³/mol. The molecule has 2 aliphatic heterocycles. The van der Waals surface area contributed by atoms with Crippen molar-refractivity contribution in [1.82, 2.24) is 5.01 Å². The number of hydrogen-bond acceptors (Lipinski definition) is 8. The van der Waals surface area contributed by atoms with E-state index in [4.69, 9.17) is 24.4 Å². The van der Waals surface area contributed by atoms with Crippen LogP contribution in [0.25, 0.3) is 6.08 Å². The topological polar surface area (TPSA) is 106 Å². The standard InChI is InChI=1S/C31H29BrN4O5S/c1-4-38-26-17-21(16-25(32)28(26)40-13-12-39-23-11-10-19(2)20(3)14-23)15-24-29(33)36-31(34-30(24)37)42-27(35-36)18-41-22-8-6-5-7-9-22/h5-11,14-17,33H,4,12-13,18H2,1-3H3/b24-15-,33-29?. The number of amides is 1. The minimum Gasteiger partial charge on any atom is -0.490 e. The molecule has 0 saturated carbocycles. The summed E-state index contributed by atoms with van der Waals surface area (Å²) in [7, 11) is 0. The number of aliphatic imine (C=N–C) groups is 1. The number of nitrogens with zero attached hydrogens (tertiary/aromatic N) is 3. The van der Waals surface area contributed by atoms with Crippen molar-refractivity contribution in [1.29, 1.82) is 5.41 Å². The molecule has 1 N–H and O–H groups in total. The van der Waals surface area contributed by atoms with E-state index in [-0.39, 0.29) is 18.0 Å². The number of aryl methyl sites for hydroxylation is 2. The third-order valence-electron chi connectivity index (χ3n) is 6.32. The summed E-state index contributed by atoms with van der Waals surface area (Å²) in [5.74, 6) is 1.93. The quantitative estimate of drug-likeness (QED) is 0.184. The van der Waals surface area contributed by atoms with Crippen LogP contribution in [0.3, 0.4) is 0 Å². The highest BCUT2D eigenvalue weighted by Crippen LogP contribution is 2.38. The second kappa shape index (κ2) is 13.3. The van der Waals surface area contributed by atoms with E-state index in [1.165, 1.54) is 27.9 Å². The second-order valence-electron chi connectivity index (χ2n) is 9.32. The van der Waals surface area contributed by atoms with E-state index in [1.807, 2.05) is 62.4 Å². The molecule has 5 rings (SSSR count). The maximum absolute atomic E-state index is 12.9. The smallest absolute Gasteiger partial charge is 0.283 e. The number of para-hydroxylation sites is 1. The van der Waals surface area contributed by atoms with Crippen molar-refractivity contribution >= 4 is 55.7 Å². The van der Waals surface area contributed by atoms with Crippen LogP contribution in [0.15, 0.2) is 80.8 Å². The third-order valence-corrected chi connectivity index (χ3v) is 7.79. The van der Waals surface area contributed by atoms with Crippen molar-refractivity contribution in [2.75, 3.05) is 26.4 Å². The number of hydrazone groups is 1. The molecule has 0 aliphatic carbocycles. The second-order valence-corrected chi connectivity index (χ2v) is 11.2. The number of halogens is 1. The van der Waals surface area contributed by atoms with Gasteiger partial charge in [0.05, 0.1) is 16.7 Å². The molecule has 2 heterocycles. The van der Waals surface area contributed by atoms with Crippen LogP contribution in [0.2, 0.25) is 0 Å². The van der Waals surface area contributed by atoms with Crippen LogP contribution < -0.4 is 18.9 Å². The lowest BCUT2D eigenvalue weighted by molar-refractivity contribution is -0.114. The fourth-order valence-corrected chi connectivity index (χ4v) is 5.47. The van der Waals surface area contributed by atoms with Crippen LogP contribution in [0.4, 0.5) is 0 Å². The van der Waals surface area contributed by atoms with Gasteiger partial charge in [-0.15, -0.1) is 0 Å². The van der Waals surface area contributed by atoms with Crippen molar-refractivity contribution in [3.63, 3.8) is 0 Å². The fraction of sp³-hybridized carbons (Fsp3) is 0.226. The molecule has 9 nitrogen and oxygen atoms in total. The molecule has 0 atom stereocenters. The Balaban J connectivity index is 1.28. The van der Waals surface area contributed by atoms with Crippen molar-refractivity contribution < 1.29 is 23.7 Å². The molecule has 0 radical (unpaired) electrons. The van der Waals surface area contributed by atoms with Gasteiger partial charge in [-0.1, -0.05) is 24.3 Å². The number of rotatable bonds is 11. The first-order valence-electron chi connectivity index (χ1n) is 13.3. The Kier molecular flexibility index (Phi) is 9.28. The van der Waals surface area contributed by atoms with Gasteiger partial charge in [0.1, 0.15) is 36.4 Å². The van der Waals surface area contributed by atoms with E-state index in [0.717, 1.165) is 5.75 Å². The summed E-state index contributed by atoms with van der Waals surface area (Å²) in [5.41, 5.74) is 3.12. The van der Waals surface area contributed by atoms with Crippen LogP contribution in [0, 0.1) is 19.3 Å². The highest BCUT2D eigenvalue weighted by Gasteiger charge is 2.36. The zero-order valence-corrected chi connectivity index (χ0v) is 25.8. The lowest BCUT2D eigenvalue weighted by atomic mass is 10.1. The average Bonchev–Trinajstić information content (AvgIpc) is 3.39. The summed E-state index contributed by atoms with van der Waals surface area (Å²) >= 11 is 4.79. The van der Waals surface area contributed by atoms with Crippen molar-refractivity contribution in [2.45, 2.75) is 20.8 Å². The SMILES string of the molecule is CCOc1cc(/C=C2/C(=N)N3N=C(COc4ccccc4)SC3=NC2=O)cc(Br)c1OCCOc1ccc(C)c(C)c1. The Hall–Kier alpha value is -4.09. The number of thioether (sulfide) groups is 1. The monoisotopic (exact) mass is 648 g/mol. The highest BCUT2D eigenvalue weighted by molar-refractivity contribution is 9.10. The maximum Gasteiger partial charge on any atom is 0.283 e. The number of amidine groups is 2. The van der Waals surface area contributed by atoms with Gasteiger partial charge >= 0.3 is 0 Å². The fourth-order valence-electron chi connectivity index (χ4n) is 4.10. The molecule has 216 valence electrons. The van der Waals surface area contributed by atoms with E-state index in [2.05, 4.69) is 32.9 Å². The van der Waals surface area contributed by atoms with Gasteiger partial charge in [0.25, 0.3) is 5.91 Å². The third kappa shape index (κ3) is 6.85. The minimum absolute atomic E-state index is 0.0647. The van der Waals surface area contributed by atoms with Crippen LogP contribution in [0.1, 0.15) is 23.6 Å². The van der Waals surface area contributed by atoms with Crippen LogP contribution in [-0.2, 0) is 4.79 Å². The highest BCUT2D eigenvalue weighted by atomic mass is 79.9. The van der Waals surface area contributed by atoms with Crippen LogP contribution in [-0.4, -0.2) is 53.4 Å². The van der Waals surface area contributed by atoms with E-state index in [9.17, 15) is 4.79 Å². The Labute approximate surface area is 256 Å². The summed E-state index contributed by atoms with van der Waals surface area (Å²) in [6, 6.07) is 18.9. The first-order valence-corrected chi connectivity index (χ1v) is 14.9. The van der Waals surface area contributed by atoms with Gasteiger partial charge in [-0.25, -0.2) is 0 Å². The molecule has 0 spiro atoms. The summed E-state index contributed by atoms with van der Waals surface area (Å²) in [5, 5.41) is 15.4. The van der Waals surface area contributed by atoms with E-state index >= 15 is 0 Å². The summed E-state index contributed by atoms with van der Waals surface area (Å²) in [4.78, 5) is 17.1. The van der Waals surface area contributed by atoms with Gasteiger partial charge in [0.2, 0.25) is 5.17 Å².